The van der Waals surface area contributed by atoms with Crippen LogP contribution in [-0.2, 0) is 14.3 Å². The highest BCUT2D eigenvalue weighted by Crippen LogP contribution is 2.38. The SMILES string of the molecule is COc1cc(/C2=C\CCC3CC=C=C/C(OCC(C)CC=C4CCCCCCC4)=C\C3C(=O)CC2CCC(=O)NC(C)C)ccc1F. The van der Waals surface area contributed by atoms with Gasteiger partial charge in [0.1, 0.15) is 11.5 Å². The molecule has 0 spiro atoms. The predicted octanol–water partition coefficient (Wildman–Crippen LogP) is 9.84. The van der Waals surface area contributed by atoms with Crippen molar-refractivity contribution in [1.29, 1.82) is 0 Å². The third-order valence-electron chi connectivity index (χ3n) is 9.77. The molecule has 47 heavy (non-hydrogen) atoms. The number of methoxy groups -OCH3 is 1. The highest BCUT2D eigenvalue weighted by atomic mass is 19.1. The Balaban J connectivity index is 1.52. The van der Waals surface area contributed by atoms with Crippen LogP contribution in [0.1, 0.15) is 116 Å². The highest BCUT2D eigenvalue weighted by Gasteiger charge is 2.32. The summed E-state index contributed by atoms with van der Waals surface area (Å²) in [4.78, 5) is 27.0. The van der Waals surface area contributed by atoms with Gasteiger partial charge < -0.3 is 14.8 Å². The van der Waals surface area contributed by atoms with Crippen LogP contribution < -0.4 is 10.1 Å². The van der Waals surface area contributed by atoms with Gasteiger partial charge in [0, 0.05) is 30.9 Å². The van der Waals surface area contributed by atoms with E-state index in [-0.39, 0.29) is 41.2 Å². The average molecular weight is 646 g/mol. The molecule has 4 atom stereocenters. The second-order valence-corrected chi connectivity index (χ2v) is 14.1. The van der Waals surface area contributed by atoms with Crippen LogP contribution in [-0.4, -0.2) is 31.4 Å². The number of nitrogens with one attached hydrogen (secondary N) is 1. The fourth-order valence-electron chi connectivity index (χ4n) is 7.11. The lowest BCUT2D eigenvalue weighted by atomic mass is 9.78. The molecule has 1 N–H and O–H groups in total. The van der Waals surface area contributed by atoms with E-state index in [0.717, 1.165) is 36.8 Å². The molecule has 0 saturated heterocycles. The smallest absolute Gasteiger partial charge is 0.220 e. The standard InChI is InChI=1S/C41H56FNO4/c1-29(2)43-41(45)24-22-33-25-39(44)37-27-35(47-28-30(3)19-20-31-13-8-6-5-7-9-14-31)17-11-10-15-32(37)16-12-18-36(33)34-21-23-38(42)40(26-34)46-4/h10,17-18,20-21,23,26-27,29-30,32-33,37H,5-9,12-16,19,22,24-25,28H2,1-4H3,(H,43,45)/b35-27+,36-18-. The fraction of sp³-hybridized carbons (Fsp3) is 0.585. The molecule has 0 heterocycles. The Morgan fingerprint density at radius 2 is 1.89 bits per heavy atom. The largest absolute Gasteiger partial charge is 0.494 e. The van der Waals surface area contributed by atoms with Crippen molar-refractivity contribution in [1.82, 2.24) is 5.32 Å². The number of amides is 1. The van der Waals surface area contributed by atoms with Crippen LogP contribution in [0.2, 0.25) is 0 Å². The van der Waals surface area contributed by atoms with Gasteiger partial charge in [-0.3, -0.25) is 9.59 Å². The fourth-order valence-corrected chi connectivity index (χ4v) is 7.11. The molecular weight excluding hydrogens is 589 g/mol. The van der Waals surface area contributed by atoms with E-state index in [2.05, 4.69) is 30.1 Å². The summed E-state index contributed by atoms with van der Waals surface area (Å²) in [5, 5.41) is 2.98. The summed E-state index contributed by atoms with van der Waals surface area (Å²) in [6, 6.07) is 4.92. The van der Waals surface area contributed by atoms with E-state index < -0.39 is 5.82 Å². The van der Waals surface area contributed by atoms with Crippen LogP contribution in [0.15, 0.2) is 65.6 Å². The number of hydrogen-bond acceptors (Lipinski definition) is 4. The van der Waals surface area contributed by atoms with Crippen molar-refractivity contribution in [3.05, 3.63) is 77.0 Å². The Morgan fingerprint density at radius 1 is 1.13 bits per heavy atom. The second kappa shape index (κ2) is 18.8. The van der Waals surface area contributed by atoms with Crippen LogP contribution >= 0.6 is 0 Å². The Bertz CT molecular complexity index is 1360. The summed E-state index contributed by atoms with van der Waals surface area (Å²) in [7, 11) is 1.46. The van der Waals surface area contributed by atoms with E-state index in [4.69, 9.17) is 9.47 Å². The minimum absolute atomic E-state index is 0.0302. The molecule has 1 saturated carbocycles. The molecule has 1 aromatic rings. The Kier molecular flexibility index (Phi) is 14.6. The van der Waals surface area contributed by atoms with Crippen molar-refractivity contribution >= 4 is 17.3 Å². The lowest BCUT2D eigenvalue weighted by Gasteiger charge is -2.25. The summed E-state index contributed by atoms with van der Waals surface area (Å²) in [5.74, 6) is 0.568. The topological polar surface area (TPSA) is 64.6 Å². The molecule has 1 fully saturated rings. The quantitative estimate of drug-likeness (QED) is 0.192. The molecule has 0 bridgehead atoms. The number of fused-ring (bicyclic) bond motifs is 1. The van der Waals surface area contributed by atoms with Gasteiger partial charge >= 0.3 is 0 Å². The molecule has 256 valence electrons. The predicted molar refractivity (Wildman–Crippen MR) is 188 cm³/mol. The zero-order valence-corrected chi connectivity index (χ0v) is 29.1. The van der Waals surface area contributed by atoms with Crippen molar-refractivity contribution in [2.75, 3.05) is 13.7 Å². The van der Waals surface area contributed by atoms with Gasteiger partial charge in [-0.15, -0.1) is 5.73 Å². The molecule has 5 nitrogen and oxygen atoms in total. The molecule has 0 radical (unpaired) electrons. The number of ether oxygens (including phenoxy) is 2. The van der Waals surface area contributed by atoms with Gasteiger partial charge in [-0.1, -0.05) is 50.0 Å². The Morgan fingerprint density at radius 3 is 2.64 bits per heavy atom. The Labute approximate surface area is 282 Å². The van der Waals surface area contributed by atoms with Crippen LogP contribution in [0, 0.1) is 29.5 Å². The first kappa shape index (κ1) is 36.5. The summed E-state index contributed by atoms with van der Waals surface area (Å²) >= 11 is 0. The number of ketones is 1. The average Bonchev–Trinajstić information content (AvgIpc) is 3.07. The molecule has 6 heteroatoms. The zero-order valence-electron chi connectivity index (χ0n) is 29.1. The molecule has 0 aliphatic heterocycles. The maximum atomic E-state index is 14.4. The van der Waals surface area contributed by atoms with Crippen molar-refractivity contribution in [2.24, 2.45) is 23.7 Å². The van der Waals surface area contributed by atoms with Gasteiger partial charge in [0.15, 0.2) is 11.6 Å². The van der Waals surface area contributed by atoms with E-state index in [0.29, 0.717) is 37.5 Å². The summed E-state index contributed by atoms with van der Waals surface area (Å²) in [6.07, 6.45) is 24.2. The minimum Gasteiger partial charge on any atom is -0.494 e. The van der Waals surface area contributed by atoms with Crippen LogP contribution in [0.3, 0.4) is 0 Å². The first-order valence-electron chi connectivity index (χ1n) is 18.0. The first-order valence-corrected chi connectivity index (χ1v) is 18.0. The van der Waals surface area contributed by atoms with Crippen molar-refractivity contribution in [2.45, 2.75) is 117 Å². The molecule has 4 rings (SSSR count). The van der Waals surface area contributed by atoms with Crippen LogP contribution in [0.4, 0.5) is 4.39 Å². The van der Waals surface area contributed by atoms with E-state index in [1.54, 1.807) is 17.7 Å². The lowest BCUT2D eigenvalue weighted by molar-refractivity contribution is -0.124. The van der Waals surface area contributed by atoms with Gasteiger partial charge in [-0.2, -0.15) is 0 Å². The van der Waals surface area contributed by atoms with Gasteiger partial charge in [0.25, 0.3) is 0 Å². The number of rotatable bonds is 11. The third-order valence-corrected chi connectivity index (χ3v) is 9.77. The number of carbonyl (C=O) groups is 2. The number of Topliss-reactive ketones (excluding diaryl/α,β-unsaturated/α-hetero) is 1. The second-order valence-electron chi connectivity index (χ2n) is 14.1. The monoisotopic (exact) mass is 645 g/mol. The number of halogens is 1. The Hall–Kier alpha value is -3.37. The normalized spacial score (nSPS) is 25.2. The minimum atomic E-state index is -0.426. The van der Waals surface area contributed by atoms with E-state index >= 15 is 0 Å². The molecular formula is C41H56FNO4. The van der Waals surface area contributed by atoms with Crippen LogP contribution in [0.5, 0.6) is 5.75 Å². The van der Waals surface area contributed by atoms with Gasteiger partial charge in [-0.05, 0) is 125 Å². The van der Waals surface area contributed by atoms with E-state index in [1.807, 2.05) is 32.1 Å². The van der Waals surface area contributed by atoms with Gasteiger partial charge in [0.05, 0.1) is 13.7 Å². The summed E-state index contributed by atoms with van der Waals surface area (Å²) in [6.45, 7) is 6.70. The number of allylic oxidation sites excluding steroid dienone is 6. The maximum Gasteiger partial charge on any atom is 0.220 e. The number of hydrogen-bond donors (Lipinski definition) is 1. The van der Waals surface area contributed by atoms with Crippen molar-refractivity contribution in [3.63, 3.8) is 0 Å². The molecule has 0 aromatic heterocycles. The first-order chi connectivity index (χ1) is 22.7. The molecule has 3 aliphatic rings. The van der Waals surface area contributed by atoms with Gasteiger partial charge in [0.2, 0.25) is 5.91 Å². The van der Waals surface area contributed by atoms with Crippen molar-refractivity contribution < 1.29 is 23.5 Å². The number of carbonyl (C=O) groups excluding carboxylic acids is 2. The van der Waals surface area contributed by atoms with E-state index in [1.165, 1.54) is 58.1 Å². The third kappa shape index (κ3) is 11.7. The molecule has 4 unspecified atom stereocenters. The summed E-state index contributed by atoms with van der Waals surface area (Å²) in [5.41, 5.74) is 6.70. The zero-order chi connectivity index (χ0) is 33.6. The van der Waals surface area contributed by atoms with Gasteiger partial charge in [-0.25, -0.2) is 4.39 Å². The lowest BCUT2D eigenvalue weighted by Crippen LogP contribution is -2.30. The summed E-state index contributed by atoms with van der Waals surface area (Å²) < 4.78 is 26.0. The van der Waals surface area contributed by atoms with Crippen LogP contribution in [0.25, 0.3) is 5.57 Å². The molecule has 1 amide bonds. The van der Waals surface area contributed by atoms with E-state index in [9.17, 15) is 14.0 Å². The van der Waals surface area contributed by atoms with Crippen molar-refractivity contribution in [3.8, 4) is 5.75 Å². The molecule has 3 aliphatic carbocycles. The maximum absolute atomic E-state index is 14.4. The highest BCUT2D eigenvalue weighted by molar-refractivity contribution is 5.86. The number of benzene rings is 1. The molecule has 1 aromatic carbocycles.